The zero-order valence-corrected chi connectivity index (χ0v) is 29.5. The second-order valence-corrected chi connectivity index (χ2v) is 13.8. The molecule has 0 unspecified atom stereocenters. The van der Waals surface area contributed by atoms with E-state index in [2.05, 4.69) is 133 Å². The van der Waals surface area contributed by atoms with Gasteiger partial charge in [0.15, 0.2) is 0 Å². The Kier molecular flexibility index (Phi) is 6.77. The maximum absolute atomic E-state index is 9.63. The van der Waals surface area contributed by atoms with Gasteiger partial charge >= 0.3 is 0 Å². The molecule has 1 aliphatic carbocycles. The summed E-state index contributed by atoms with van der Waals surface area (Å²) >= 11 is 0. The zero-order chi connectivity index (χ0) is 39.4. The Morgan fingerprint density at radius 1 is 0.333 bits per heavy atom. The van der Waals surface area contributed by atoms with Crippen LogP contribution in [0.2, 0.25) is 0 Å². The first-order valence-electron chi connectivity index (χ1n) is 20.4. The Hall–Kier alpha value is -6.96. The number of nitrogens with zero attached hydrogens (tertiary/aromatic N) is 1. The summed E-state index contributed by atoms with van der Waals surface area (Å²) in [5, 5.41) is 2.29. The highest BCUT2D eigenvalue weighted by Gasteiger charge is 2.46. The minimum Gasteiger partial charge on any atom is -0.310 e. The summed E-state index contributed by atoms with van der Waals surface area (Å²) in [5.74, 6) is 0. The van der Waals surface area contributed by atoms with Crippen molar-refractivity contribution in [3.05, 3.63) is 247 Å². The van der Waals surface area contributed by atoms with Gasteiger partial charge in [0.2, 0.25) is 0 Å². The average Bonchev–Trinajstić information content (AvgIpc) is 3.58. The first kappa shape index (κ1) is 27.7. The van der Waals surface area contributed by atoms with Gasteiger partial charge in [0, 0.05) is 17.1 Å². The molecule has 254 valence electrons. The molecule has 0 heterocycles. The number of benzene rings is 9. The summed E-state index contributed by atoms with van der Waals surface area (Å²) in [6.45, 7) is 0. The van der Waals surface area contributed by atoms with Crippen LogP contribution in [0.25, 0.3) is 44.2 Å². The van der Waals surface area contributed by atoms with E-state index in [1.54, 1.807) is 0 Å². The molecule has 1 nitrogen and oxygen atoms in total. The predicted molar refractivity (Wildman–Crippen MR) is 227 cm³/mol. The van der Waals surface area contributed by atoms with Crippen molar-refractivity contribution in [2.45, 2.75) is 5.41 Å². The summed E-state index contributed by atoms with van der Waals surface area (Å²) in [5.41, 5.74) is 10.7. The van der Waals surface area contributed by atoms with Gasteiger partial charge in [-0.25, -0.2) is 0 Å². The molecule has 0 fully saturated rings. The predicted octanol–water partition coefficient (Wildman–Crippen LogP) is 14.0. The van der Waals surface area contributed by atoms with Crippen LogP contribution in [0.4, 0.5) is 17.1 Å². The highest BCUT2D eigenvalue weighted by Crippen LogP contribution is 2.57. The topological polar surface area (TPSA) is 3.24 Å². The maximum atomic E-state index is 9.63. The molecule has 0 amide bonds. The Labute approximate surface area is 322 Å². The van der Waals surface area contributed by atoms with Crippen LogP contribution >= 0.6 is 0 Å². The Morgan fingerprint density at radius 3 is 1.65 bits per heavy atom. The van der Waals surface area contributed by atoms with Crippen LogP contribution < -0.4 is 4.90 Å². The SMILES string of the molecule is [2H]c1c([2H])c(N(c2cccc(-c3ccc4ccccc4c3)c2)c2ccc3c(c2)C(c2ccccc2)(c2ccccc2)c2ccccc2-3)c([2H])c([2H])c1-c1ccccc1. The molecule has 54 heavy (non-hydrogen) atoms. The zero-order valence-electron chi connectivity index (χ0n) is 33.5. The first-order chi connectivity index (χ1) is 28.4. The van der Waals surface area contributed by atoms with Crippen molar-refractivity contribution in [2.24, 2.45) is 0 Å². The molecule has 1 heteroatoms. The van der Waals surface area contributed by atoms with Gasteiger partial charge in [-0.2, -0.15) is 0 Å². The molecule has 0 aliphatic heterocycles. The maximum Gasteiger partial charge on any atom is 0.0714 e. The molecule has 0 aromatic heterocycles. The molecule has 9 aromatic carbocycles. The lowest BCUT2D eigenvalue weighted by molar-refractivity contribution is 0.768. The van der Waals surface area contributed by atoms with Crippen LogP contribution in [0, 0.1) is 0 Å². The van der Waals surface area contributed by atoms with E-state index < -0.39 is 5.41 Å². The van der Waals surface area contributed by atoms with Crippen molar-refractivity contribution < 1.29 is 5.48 Å². The van der Waals surface area contributed by atoms with Crippen molar-refractivity contribution in [1.29, 1.82) is 0 Å². The van der Waals surface area contributed by atoms with Crippen molar-refractivity contribution in [1.82, 2.24) is 0 Å². The van der Waals surface area contributed by atoms with Crippen LogP contribution in [-0.2, 0) is 5.41 Å². The van der Waals surface area contributed by atoms with Gasteiger partial charge in [-0.15, -0.1) is 0 Å². The minimum absolute atomic E-state index is 0.0885. The van der Waals surface area contributed by atoms with Crippen molar-refractivity contribution >= 4 is 27.8 Å². The van der Waals surface area contributed by atoms with Gasteiger partial charge in [-0.3, -0.25) is 0 Å². The van der Waals surface area contributed by atoms with Gasteiger partial charge in [0.1, 0.15) is 0 Å². The molecule has 0 atom stereocenters. The quantitative estimate of drug-likeness (QED) is 0.161. The third-order valence-corrected chi connectivity index (χ3v) is 10.8. The van der Waals surface area contributed by atoms with E-state index in [1.165, 1.54) is 5.56 Å². The second-order valence-electron chi connectivity index (χ2n) is 13.8. The van der Waals surface area contributed by atoms with E-state index in [9.17, 15) is 5.48 Å². The van der Waals surface area contributed by atoms with E-state index in [0.29, 0.717) is 5.56 Å². The molecule has 1 aliphatic rings. The van der Waals surface area contributed by atoms with Crippen molar-refractivity contribution in [2.75, 3.05) is 4.90 Å². The third-order valence-electron chi connectivity index (χ3n) is 10.8. The number of rotatable bonds is 7. The summed E-state index contributed by atoms with van der Waals surface area (Å²) in [6.07, 6.45) is 0. The molecule has 0 N–H and O–H groups in total. The van der Waals surface area contributed by atoms with Gasteiger partial charge in [0.25, 0.3) is 0 Å². The molecular formula is C53H37N. The molecule has 0 bridgehead atoms. The minimum atomic E-state index is -0.672. The molecule has 0 saturated carbocycles. The van der Waals surface area contributed by atoms with Crippen LogP contribution in [0.1, 0.15) is 27.7 Å². The van der Waals surface area contributed by atoms with Gasteiger partial charge in [-0.05, 0) is 109 Å². The highest BCUT2D eigenvalue weighted by atomic mass is 15.1. The Morgan fingerprint density at radius 2 is 0.907 bits per heavy atom. The molecular weight excluding hydrogens is 651 g/mol. The fraction of sp³-hybridized carbons (Fsp3) is 0.0189. The number of hydrogen-bond acceptors (Lipinski definition) is 1. The molecule has 9 aromatic rings. The number of fused-ring (bicyclic) bond motifs is 4. The smallest absolute Gasteiger partial charge is 0.0714 e. The van der Waals surface area contributed by atoms with E-state index in [1.807, 2.05) is 71.6 Å². The number of hydrogen-bond donors (Lipinski definition) is 0. The monoisotopic (exact) mass is 691 g/mol. The lowest BCUT2D eigenvalue weighted by Crippen LogP contribution is -2.28. The van der Waals surface area contributed by atoms with E-state index >= 15 is 0 Å². The van der Waals surface area contributed by atoms with Crippen molar-refractivity contribution in [3.63, 3.8) is 0 Å². The Bertz CT molecular complexity index is 2930. The second kappa shape index (κ2) is 13.2. The molecule has 0 radical (unpaired) electrons. The molecule has 0 spiro atoms. The van der Waals surface area contributed by atoms with E-state index in [0.717, 1.165) is 61.1 Å². The van der Waals surface area contributed by atoms with E-state index in [4.69, 9.17) is 0 Å². The van der Waals surface area contributed by atoms with Gasteiger partial charge < -0.3 is 4.90 Å². The largest absolute Gasteiger partial charge is 0.310 e. The van der Waals surface area contributed by atoms with Gasteiger partial charge in [-0.1, -0.05) is 182 Å². The van der Waals surface area contributed by atoms with Crippen LogP contribution in [0.15, 0.2) is 224 Å². The van der Waals surface area contributed by atoms with E-state index in [-0.39, 0.29) is 35.4 Å². The number of anilines is 3. The standard InChI is InChI=1S/C53H37N/c1-4-15-38(16-5-1)40-29-31-46(32-30-40)54(47-24-14-19-42(36-47)43-28-27-39-17-10-11-18-41(39)35-43)48-33-34-50-49-25-12-13-26-51(49)53(52(50)37-48,44-20-6-2-7-21-44)45-22-8-3-9-23-45/h1-37H/i29D,30D,31D,32D. The normalized spacial score (nSPS) is 13.6. The average molecular weight is 692 g/mol. The van der Waals surface area contributed by atoms with Crippen LogP contribution in [0.5, 0.6) is 0 Å². The summed E-state index contributed by atoms with van der Waals surface area (Å²) in [7, 11) is 0. The summed E-state index contributed by atoms with van der Waals surface area (Å²) in [6, 6.07) is 68.0. The van der Waals surface area contributed by atoms with Crippen molar-refractivity contribution in [3.8, 4) is 33.4 Å². The fourth-order valence-electron chi connectivity index (χ4n) is 8.34. The Balaban J connectivity index is 1.25. The van der Waals surface area contributed by atoms with Gasteiger partial charge in [0.05, 0.1) is 10.9 Å². The lowest BCUT2D eigenvalue weighted by Gasteiger charge is -2.35. The summed E-state index contributed by atoms with van der Waals surface area (Å²) in [4.78, 5) is 1.92. The first-order valence-corrected chi connectivity index (χ1v) is 18.4. The van der Waals surface area contributed by atoms with Crippen LogP contribution in [-0.4, -0.2) is 0 Å². The highest BCUT2D eigenvalue weighted by molar-refractivity contribution is 5.91. The molecule has 10 rings (SSSR count). The third kappa shape index (κ3) is 5.25. The molecule has 0 saturated heterocycles. The summed E-state index contributed by atoms with van der Waals surface area (Å²) < 4.78 is 38.0. The lowest BCUT2D eigenvalue weighted by atomic mass is 9.67. The fourth-order valence-corrected chi connectivity index (χ4v) is 8.34. The van der Waals surface area contributed by atoms with Crippen LogP contribution in [0.3, 0.4) is 0 Å².